The third-order valence-electron chi connectivity index (χ3n) is 5.10. The molecular weight excluding hydrogens is 280 g/mol. The summed E-state index contributed by atoms with van der Waals surface area (Å²) in [4.78, 5) is 28.7. The van der Waals surface area contributed by atoms with Crippen molar-refractivity contribution < 1.29 is 9.59 Å². The first kappa shape index (κ1) is 15.1. The van der Waals surface area contributed by atoms with Gasteiger partial charge in [0.25, 0.3) is 0 Å². The van der Waals surface area contributed by atoms with Gasteiger partial charge in [0, 0.05) is 45.5 Å². The predicted molar refractivity (Wildman–Crippen MR) is 82.1 cm³/mol. The van der Waals surface area contributed by atoms with E-state index in [4.69, 9.17) is 0 Å². The summed E-state index contributed by atoms with van der Waals surface area (Å²) in [5.74, 6) is 0.561. The summed E-state index contributed by atoms with van der Waals surface area (Å²) in [5.41, 5.74) is -0.649. The summed E-state index contributed by atoms with van der Waals surface area (Å²) >= 11 is 0. The first-order chi connectivity index (χ1) is 10.5. The number of amides is 2. The van der Waals surface area contributed by atoms with Gasteiger partial charge in [0.2, 0.25) is 11.8 Å². The Labute approximate surface area is 131 Å². The van der Waals surface area contributed by atoms with Gasteiger partial charge in [-0.25, -0.2) is 0 Å². The molecule has 1 saturated heterocycles. The largest absolute Gasteiger partial charge is 0.347 e. The molecule has 2 fully saturated rings. The van der Waals surface area contributed by atoms with Crippen molar-refractivity contribution in [1.29, 1.82) is 0 Å². The van der Waals surface area contributed by atoms with Gasteiger partial charge in [0.1, 0.15) is 5.54 Å². The molecule has 0 radical (unpaired) electrons. The lowest BCUT2D eigenvalue weighted by Gasteiger charge is -2.43. The number of aromatic nitrogens is 2. The highest BCUT2D eigenvalue weighted by molar-refractivity contribution is 5.85. The van der Waals surface area contributed by atoms with Gasteiger partial charge in [0.15, 0.2) is 0 Å². The molecule has 3 rings (SSSR count). The monoisotopic (exact) mass is 304 g/mol. The van der Waals surface area contributed by atoms with Crippen LogP contribution in [0.5, 0.6) is 0 Å². The number of hydrogen-bond donors (Lipinski definition) is 0. The number of likely N-dealkylation sites (N-methyl/N-ethyl adjacent to an activating group) is 1. The minimum absolute atomic E-state index is 0.0620. The van der Waals surface area contributed by atoms with Gasteiger partial charge >= 0.3 is 0 Å². The van der Waals surface area contributed by atoms with E-state index in [0.717, 1.165) is 12.8 Å². The van der Waals surface area contributed by atoms with E-state index in [0.29, 0.717) is 25.9 Å². The first-order valence-electron chi connectivity index (χ1n) is 8.05. The van der Waals surface area contributed by atoms with E-state index in [1.807, 2.05) is 17.2 Å². The molecule has 0 atom stereocenters. The topological polar surface area (TPSA) is 58.4 Å². The summed E-state index contributed by atoms with van der Waals surface area (Å²) in [6, 6.07) is 1.84. The molecule has 1 aliphatic carbocycles. The number of piperidine rings is 1. The zero-order valence-electron chi connectivity index (χ0n) is 13.4. The summed E-state index contributed by atoms with van der Waals surface area (Å²) in [7, 11) is 3.55. The van der Waals surface area contributed by atoms with E-state index < -0.39 is 5.54 Å². The fraction of sp³-hybridized carbons (Fsp3) is 0.688. The lowest BCUT2D eigenvalue weighted by molar-refractivity contribution is -0.148. The Kier molecular flexibility index (Phi) is 3.93. The molecule has 1 aromatic heterocycles. The third-order valence-corrected chi connectivity index (χ3v) is 5.10. The zero-order chi connectivity index (χ0) is 15.7. The van der Waals surface area contributed by atoms with E-state index in [-0.39, 0.29) is 17.7 Å². The second-order valence-corrected chi connectivity index (χ2v) is 6.63. The maximum Gasteiger partial charge on any atom is 0.250 e. The highest BCUT2D eigenvalue weighted by Crippen LogP contribution is 2.34. The van der Waals surface area contributed by atoms with Gasteiger partial charge in [-0.3, -0.25) is 14.3 Å². The molecule has 0 aromatic carbocycles. The molecule has 0 unspecified atom stereocenters. The van der Waals surface area contributed by atoms with E-state index >= 15 is 0 Å². The third kappa shape index (κ3) is 2.40. The summed E-state index contributed by atoms with van der Waals surface area (Å²) in [6.45, 7) is 1.27. The maximum atomic E-state index is 12.8. The SMILES string of the molecule is CN(C)C(=O)C1(n2cccn2)CCN(C(=O)C2CCC2)CC1. The fourth-order valence-corrected chi connectivity index (χ4v) is 3.49. The van der Waals surface area contributed by atoms with Gasteiger partial charge in [-0.05, 0) is 31.7 Å². The molecule has 0 N–H and O–H groups in total. The molecule has 6 nitrogen and oxygen atoms in total. The van der Waals surface area contributed by atoms with Crippen molar-refractivity contribution in [2.75, 3.05) is 27.2 Å². The fourth-order valence-electron chi connectivity index (χ4n) is 3.49. The van der Waals surface area contributed by atoms with Crippen LogP contribution in [0.15, 0.2) is 18.5 Å². The lowest BCUT2D eigenvalue weighted by atomic mass is 9.82. The Morgan fingerprint density at radius 2 is 1.91 bits per heavy atom. The Bertz CT molecular complexity index is 541. The zero-order valence-corrected chi connectivity index (χ0v) is 13.4. The number of likely N-dealkylation sites (tertiary alicyclic amines) is 1. The minimum Gasteiger partial charge on any atom is -0.347 e. The molecule has 22 heavy (non-hydrogen) atoms. The Morgan fingerprint density at radius 1 is 1.23 bits per heavy atom. The van der Waals surface area contributed by atoms with Crippen LogP contribution in [0.4, 0.5) is 0 Å². The van der Waals surface area contributed by atoms with Gasteiger partial charge in [-0.2, -0.15) is 5.10 Å². The van der Waals surface area contributed by atoms with Gasteiger partial charge in [-0.1, -0.05) is 6.42 Å². The van der Waals surface area contributed by atoms with Crippen LogP contribution in [0.2, 0.25) is 0 Å². The highest BCUT2D eigenvalue weighted by Gasteiger charge is 2.46. The van der Waals surface area contributed by atoms with Crippen LogP contribution in [0.3, 0.4) is 0 Å². The molecule has 2 amide bonds. The second-order valence-electron chi connectivity index (χ2n) is 6.63. The minimum atomic E-state index is -0.649. The molecule has 0 bridgehead atoms. The standard InChI is InChI=1S/C16H24N4O2/c1-18(2)15(22)16(20-10-4-9-17-20)7-11-19(12-8-16)14(21)13-5-3-6-13/h4,9-10,13H,3,5-8,11-12H2,1-2H3. The van der Waals surface area contributed by atoms with Crippen molar-refractivity contribution in [2.24, 2.45) is 5.92 Å². The number of rotatable bonds is 3. The van der Waals surface area contributed by atoms with Crippen molar-refractivity contribution >= 4 is 11.8 Å². The van der Waals surface area contributed by atoms with Crippen LogP contribution in [0.25, 0.3) is 0 Å². The van der Waals surface area contributed by atoms with Crippen LogP contribution < -0.4 is 0 Å². The van der Waals surface area contributed by atoms with Gasteiger partial charge < -0.3 is 9.80 Å². The summed E-state index contributed by atoms with van der Waals surface area (Å²) in [5, 5.41) is 4.31. The van der Waals surface area contributed by atoms with Crippen LogP contribution in [-0.2, 0) is 15.1 Å². The molecule has 2 aliphatic rings. The number of carbonyl (C=O) groups is 2. The molecule has 6 heteroatoms. The van der Waals surface area contributed by atoms with Crippen molar-refractivity contribution in [2.45, 2.75) is 37.6 Å². The Morgan fingerprint density at radius 3 is 2.36 bits per heavy atom. The quantitative estimate of drug-likeness (QED) is 0.840. The smallest absolute Gasteiger partial charge is 0.250 e. The molecule has 2 heterocycles. The molecule has 1 aromatic rings. The van der Waals surface area contributed by atoms with Crippen LogP contribution in [0, 0.1) is 5.92 Å². The maximum absolute atomic E-state index is 12.8. The average Bonchev–Trinajstić information content (AvgIpc) is 2.99. The molecule has 1 saturated carbocycles. The van der Waals surface area contributed by atoms with Crippen molar-refractivity contribution in [3.8, 4) is 0 Å². The number of carbonyl (C=O) groups excluding carboxylic acids is 2. The molecule has 0 spiro atoms. The van der Waals surface area contributed by atoms with Crippen molar-refractivity contribution in [3.05, 3.63) is 18.5 Å². The van der Waals surface area contributed by atoms with Crippen LogP contribution in [0.1, 0.15) is 32.1 Å². The average molecular weight is 304 g/mol. The predicted octanol–water partition coefficient (Wildman–Crippen LogP) is 1.09. The van der Waals surface area contributed by atoms with E-state index in [1.165, 1.54) is 6.42 Å². The van der Waals surface area contributed by atoms with Crippen LogP contribution in [-0.4, -0.2) is 58.6 Å². The Balaban J connectivity index is 1.76. The second kappa shape index (κ2) is 5.74. The van der Waals surface area contributed by atoms with Gasteiger partial charge in [-0.15, -0.1) is 0 Å². The van der Waals surface area contributed by atoms with Gasteiger partial charge in [0.05, 0.1) is 0 Å². The van der Waals surface area contributed by atoms with E-state index in [1.54, 1.807) is 29.9 Å². The normalized spacial score (nSPS) is 21.3. The molecule has 1 aliphatic heterocycles. The Hall–Kier alpha value is -1.85. The van der Waals surface area contributed by atoms with Crippen molar-refractivity contribution in [1.82, 2.24) is 19.6 Å². The summed E-state index contributed by atoms with van der Waals surface area (Å²) < 4.78 is 1.78. The first-order valence-corrected chi connectivity index (χ1v) is 8.05. The highest BCUT2D eigenvalue weighted by atomic mass is 16.2. The van der Waals surface area contributed by atoms with Crippen LogP contribution >= 0.6 is 0 Å². The number of nitrogens with zero attached hydrogens (tertiary/aromatic N) is 4. The van der Waals surface area contributed by atoms with Crippen molar-refractivity contribution in [3.63, 3.8) is 0 Å². The molecular formula is C16H24N4O2. The van der Waals surface area contributed by atoms with E-state index in [9.17, 15) is 9.59 Å². The summed E-state index contributed by atoms with van der Waals surface area (Å²) in [6.07, 6.45) is 8.03. The van der Waals surface area contributed by atoms with E-state index in [2.05, 4.69) is 5.10 Å². The lowest BCUT2D eigenvalue weighted by Crippen LogP contribution is -2.56. The number of hydrogen-bond acceptors (Lipinski definition) is 3. The molecule has 120 valence electrons.